The standard InChI is InChI=1S/C18H24N4/c1-2-22(14-15-8-4-3-5-9-15)18-19-13-12-17(21-18)20-16-10-6-7-11-16/h3-5,8-9,12-13,16H,2,6-7,10-11,14H2,1H3,(H,19,20,21). The van der Waals surface area contributed by atoms with Gasteiger partial charge in [0.05, 0.1) is 0 Å². The molecule has 0 aliphatic heterocycles. The third kappa shape index (κ3) is 3.75. The fourth-order valence-electron chi connectivity index (χ4n) is 2.99. The topological polar surface area (TPSA) is 41.1 Å². The first-order valence-electron chi connectivity index (χ1n) is 8.23. The lowest BCUT2D eigenvalue weighted by molar-refractivity contribution is 0.744. The molecule has 0 bridgehead atoms. The van der Waals surface area contributed by atoms with E-state index >= 15 is 0 Å². The van der Waals surface area contributed by atoms with Gasteiger partial charge in [0, 0.05) is 25.3 Å². The van der Waals surface area contributed by atoms with Gasteiger partial charge in [0.2, 0.25) is 5.95 Å². The van der Waals surface area contributed by atoms with Crippen molar-refractivity contribution in [2.24, 2.45) is 0 Å². The summed E-state index contributed by atoms with van der Waals surface area (Å²) in [6, 6.07) is 13.0. The van der Waals surface area contributed by atoms with Gasteiger partial charge in [0.1, 0.15) is 5.82 Å². The number of hydrogen-bond acceptors (Lipinski definition) is 4. The van der Waals surface area contributed by atoms with Gasteiger partial charge in [-0.05, 0) is 31.4 Å². The molecule has 1 heterocycles. The van der Waals surface area contributed by atoms with Crippen molar-refractivity contribution in [3.05, 3.63) is 48.2 Å². The maximum atomic E-state index is 4.71. The molecule has 116 valence electrons. The molecular formula is C18H24N4. The zero-order valence-electron chi connectivity index (χ0n) is 13.2. The summed E-state index contributed by atoms with van der Waals surface area (Å²) in [6.07, 6.45) is 7.00. The van der Waals surface area contributed by atoms with E-state index < -0.39 is 0 Å². The van der Waals surface area contributed by atoms with Gasteiger partial charge in [-0.3, -0.25) is 0 Å². The monoisotopic (exact) mass is 296 g/mol. The summed E-state index contributed by atoms with van der Waals surface area (Å²) in [4.78, 5) is 11.4. The molecule has 1 aliphatic rings. The van der Waals surface area contributed by atoms with Crippen molar-refractivity contribution in [2.45, 2.75) is 45.2 Å². The summed E-state index contributed by atoms with van der Waals surface area (Å²) < 4.78 is 0. The van der Waals surface area contributed by atoms with E-state index in [0.717, 1.165) is 24.9 Å². The largest absolute Gasteiger partial charge is 0.367 e. The Kier molecular flexibility index (Phi) is 4.88. The van der Waals surface area contributed by atoms with Crippen molar-refractivity contribution in [2.75, 3.05) is 16.8 Å². The fraction of sp³-hybridized carbons (Fsp3) is 0.444. The smallest absolute Gasteiger partial charge is 0.227 e. The molecule has 0 unspecified atom stereocenters. The normalized spacial score (nSPS) is 15.0. The average Bonchev–Trinajstić information content (AvgIpc) is 3.07. The Morgan fingerprint density at radius 1 is 1.14 bits per heavy atom. The van der Waals surface area contributed by atoms with Crippen molar-refractivity contribution >= 4 is 11.8 Å². The number of anilines is 2. The second-order valence-electron chi connectivity index (χ2n) is 5.87. The summed E-state index contributed by atoms with van der Waals surface area (Å²) in [5.74, 6) is 1.75. The van der Waals surface area contributed by atoms with Crippen LogP contribution in [0.15, 0.2) is 42.6 Å². The van der Waals surface area contributed by atoms with Crippen LogP contribution in [0.3, 0.4) is 0 Å². The van der Waals surface area contributed by atoms with E-state index in [1.54, 1.807) is 0 Å². The number of aromatic nitrogens is 2. The first-order chi connectivity index (χ1) is 10.8. The molecule has 3 rings (SSSR count). The highest BCUT2D eigenvalue weighted by Crippen LogP contribution is 2.22. The van der Waals surface area contributed by atoms with Crippen LogP contribution < -0.4 is 10.2 Å². The average molecular weight is 296 g/mol. The molecule has 4 nitrogen and oxygen atoms in total. The van der Waals surface area contributed by atoms with E-state index in [1.165, 1.54) is 31.2 Å². The fourth-order valence-corrected chi connectivity index (χ4v) is 2.99. The van der Waals surface area contributed by atoms with Gasteiger partial charge in [-0.1, -0.05) is 43.2 Å². The number of nitrogens with one attached hydrogen (secondary N) is 1. The van der Waals surface area contributed by atoms with E-state index in [2.05, 4.69) is 46.4 Å². The van der Waals surface area contributed by atoms with Crippen LogP contribution in [-0.4, -0.2) is 22.6 Å². The molecule has 1 saturated carbocycles. The Morgan fingerprint density at radius 3 is 2.64 bits per heavy atom. The highest BCUT2D eigenvalue weighted by Gasteiger charge is 2.16. The lowest BCUT2D eigenvalue weighted by Gasteiger charge is -2.22. The predicted molar refractivity (Wildman–Crippen MR) is 91.1 cm³/mol. The molecule has 0 atom stereocenters. The molecule has 1 N–H and O–H groups in total. The molecule has 0 amide bonds. The highest BCUT2D eigenvalue weighted by molar-refractivity contribution is 5.42. The van der Waals surface area contributed by atoms with Crippen molar-refractivity contribution in [3.8, 4) is 0 Å². The lowest BCUT2D eigenvalue weighted by atomic mass is 10.2. The second-order valence-corrected chi connectivity index (χ2v) is 5.87. The van der Waals surface area contributed by atoms with Crippen LogP contribution in [0.4, 0.5) is 11.8 Å². The van der Waals surface area contributed by atoms with Crippen molar-refractivity contribution < 1.29 is 0 Å². The van der Waals surface area contributed by atoms with Gasteiger partial charge in [0.25, 0.3) is 0 Å². The SMILES string of the molecule is CCN(Cc1ccccc1)c1nccc(NC2CCCC2)n1. The van der Waals surface area contributed by atoms with Gasteiger partial charge >= 0.3 is 0 Å². The van der Waals surface area contributed by atoms with E-state index in [0.29, 0.717) is 6.04 Å². The summed E-state index contributed by atoms with van der Waals surface area (Å²) >= 11 is 0. The van der Waals surface area contributed by atoms with Crippen LogP contribution in [0.2, 0.25) is 0 Å². The van der Waals surface area contributed by atoms with Crippen LogP contribution in [0.25, 0.3) is 0 Å². The van der Waals surface area contributed by atoms with Crippen LogP contribution in [0.1, 0.15) is 38.2 Å². The zero-order chi connectivity index (χ0) is 15.2. The third-order valence-electron chi connectivity index (χ3n) is 4.23. The van der Waals surface area contributed by atoms with Crippen molar-refractivity contribution in [3.63, 3.8) is 0 Å². The zero-order valence-corrected chi connectivity index (χ0v) is 13.2. The molecule has 1 aliphatic carbocycles. The maximum Gasteiger partial charge on any atom is 0.227 e. The Labute approximate surface area is 132 Å². The van der Waals surface area contributed by atoms with Crippen LogP contribution in [0, 0.1) is 0 Å². The molecule has 1 aromatic carbocycles. The van der Waals surface area contributed by atoms with Gasteiger partial charge in [-0.25, -0.2) is 4.98 Å². The van der Waals surface area contributed by atoms with Crippen LogP contribution >= 0.6 is 0 Å². The number of nitrogens with zero attached hydrogens (tertiary/aromatic N) is 3. The van der Waals surface area contributed by atoms with Crippen molar-refractivity contribution in [1.82, 2.24) is 9.97 Å². The van der Waals surface area contributed by atoms with Crippen LogP contribution in [0.5, 0.6) is 0 Å². The summed E-state index contributed by atoms with van der Waals surface area (Å²) in [7, 11) is 0. The van der Waals surface area contributed by atoms with E-state index in [-0.39, 0.29) is 0 Å². The third-order valence-corrected chi connectivity index (χ3v) is 4.23. The Balaban J connectivity index is 1.71. The molecule has 0 radical (unpaired) electrons. The van der Waals surface area contributed by atoms with E-state index in [9.17, 15) is 0 Å². The first kappa shape index (κ1) is 14.8. The Morgan fingerprint density at radius 2 is 1.91 bits per heavy atom. The lowest BCUT2D eigenvalue weighted by Crippen LogP contribution is -2.25. The molecule has 1 aromatic heterocycles. The quantitative estimate of drug-likeness (QED) is 0.879. The van der Waals surface area contributed by atoms with Gasteiger partial charge in [-0.2, -0.15) is 4.98 Å². The van der Waals surface area contributed by atoms with Crippen LogP contribution in [-0.2, 0) is 6.54 Å². The molecule has 2 aromatic rings. The van der Waals surface area contributed by atoms with E-state index in [4.69, 9.17) is 4.98 Å². The van der Waals surface area contributed by atoms with Gasteiger partial charge in [-0.15, -0.1) is 0 Å². The minimum absolute atomic E-state index is 0.576. The van der Waals surface area contributed by atoms with Gasteiger partial charge in [0.15, 0.2) is 0 Å². The second kappa shape index (κ2) is 7.25. The van der Waals surface area contributed by atoms with E-state index in [1.807, 2.05) is 18.3 Å². The molecule has 0 saturated heterocycles. The summed E-state index contributed by atoms with van der Waals surface area (Å²) in [6.45, 7) is 3.87. The Hall–Kier alpha value is -2.10. The maximum absolute atomic E-state index is 4.71. The molecular weight excluding hydrogens is 272 g/mol. The molecule has 0 spiro atoms. The highest BCUT2D eigenvalue weighted by atomic mass is 15.3. The Bertz CT molecular complexity index is 579. The predicted octanol–water partition coefficient (Wildman–Crippen LogP) is 3.86. The summed E-state index contributed by atoms with van der Waals surface area (Å²) in [5, 5.41) is 3.55. The van der Waals surface area contributed by atoms with Gasteiger partial charge < -0.3 is 10.2 Å². The van der Waals surface area contributed by atoms with Crippen molar-refractivity contribution in [1.29, 1.82) is 0 Å². The minimum Gasteiger partial charge on any atom is -0.367 e. The molecule has 22 heavy (non-hydrogen) atoms. The first-order valence-corrected chi connectivity index (χ1v) is 8.23. The number of rotatable bonds is 6. The summed E-state index contributed by atoms with van der Waals surface area (Å²) in [5.41, 5.74) is 1.28. The molecule has 4 heteroatoms. The number of hydrogen-bond donors (Lipinski definition) is 1. The number of benzene rings is 1. The minimum atomic E-state index is 0.576. The molecule has 1 fully saturated rings.